The Morgan fingerprint density at radius 1 is 1.42 bits per heavy atom. The molecular weight excluding hydrogens is 244 g/mol. The zero-order chi connectivity index (χ0) is 13.2. The maximum atomic E-state index is 11.2. The maximum absolute atomic E-state index is 11.2. The molecule has 0 aliphatic carbocycles. The van der Waals surface area contributed by atoms with Crippen molar-refractivity contribution in [1.29, 1.82) is 0 Å². The lowest BCUT2D eigenvalue weighted by atomic mass is 10.1. The number of aryl methyl sites for hydroxylation is 1. The van der Waals surface area contributed by atoms with Crippen LogP contribution in [0.5, 0.6) is 0 Å². The SMILES string of the molecule is Cn1ncc2c(NC3CCOCC3)c(C=O)cnc21. The van der Waals surface area contributed by atoms with Crippen molar-refractivity contribution >= 4 is 23.0 Å². The van der Waals surface area contributed by atoms with Gasteiger partial charge in [-0.15, -0.1) is 0 Å². The van der Waals surface area contributed by atoms with E-state index >= 15 is 0 Å². The van der Waals surface area contributed by atoms with Crippen LogP contribution in [0.25, 0.3) is 11.0 Å². The summed E-state index contributed by atoms with van der Waals surface area (Å²) in [5.74, 6) is 0. The van der Waals surface area contributed by atoms with Crippen molar-refractivity contribution in [2.24, 2.45) is 7.05 Å². The number of pyridine rings is 1. The van der Waals surface area contributed by atoms with Gasteiger partial charge >= 0.3 is 0 Å². The maximum Gasteiger partial charge on any atom is 0.159 e. The molecule has 100 valence electrons. The van der Waals surface area contributed by atoms with Crippen molar-refractivity contribution < 1.29 is 9.53 Å². The van der Waals surface area contributed by atoms with Crippen LogP contribution in [0.1, 0.15) is 23.2 Å². The number of fused-ring (bicyclic) bond motifs is 1. The third-order valence-electron chi connectivity index (χ3n) is 3.49. The van der Waals surface area contributed by atoms with Gasteiger partial charge in [0.1, 0.15) is 0 Å². The monoisotopic (exact) mass is 260 g/mol. The average Bonchev–Trinajstić information content (AvgIpc) is 2.82. The Hall–Kier alpha value is -1.95. The summed E-state index contributed by atoms with van der Waals surface area (Å²) >= 11 is 0. The molecule has 2 aromatic rings. The summed E-state index contributed by atoms with van der Waals surface area (Å²) < 4.78 is 7.05. The summed E-state index contributed by atoms with van der Waals surface area (Å²) in [6, 6.07) is 0.332. The molecule has 19 heavy (non-hydrogen) atoms. The molecule has 0 atom stereocenters. The molecule has 1 aliphatic rings. The Bertz CT molecular complexity index is 602. The first kappa shape index (κ1) is 12.1. The molecular formula is C13H16N4O2. The Kier molecular flexibility index (Phi) is 3.16. The van der Waals surface area contributed by atoms with Crippen LogP contribution in [0.15, 0.2) is 12.4 Å². The summed E-state index contributed by atoms with van der Waals surface area (Å²) in [6.07, 6.45) is 6.07. The van der Waals surface area contributed by atoms with E-state index in [1.807, 2.05) is 7.05 Å². The highest BCUT2D eigenvalue weighted by atomic mass is 16.5. The number of nitrogens with zero attached hydrogens (tertiary/aromatic N) is 3. The first-order valence-electron chi connectivity index (χ1n) is 6.40. The molecule has 0 amide bonds. The third kappa shape index (κ3) is 2.19. The van der Waals surface area contributed by atoms with Crippen LogP contribution >= 0.6 is 0 Å². The van der Waals surface area contributed by atoms with Crippen LogP contribution in [-0.2, 0) is 11.8 Å². The fraction of sp³-hybridized carbons (Fsp3) is 0.462. The predicted octanol–water partition coefficient (Wildman–Crippen LogP) is 1.37. The standard InChI is InChI=1S/C13H16N4O2/c1-17-13-11(7-15-17)12(9(8-18)6-14-13)16-10-2-4-19-5-3-10/h6-8,10H,2-5H2,1H3,(H,14,16). The molecule has 0 spiro atoms. The first-order chi connectivity index (χ1) is 9.29. The molecule has 2 aromatic heterocycles. The molecule has 1 fully saturated rings. The van der Waals surface area contributed by atoms with Crippen LogP contribution in [-0.4, -0.2) is 40.3 Å². The quantitative estimate of drug-likeness (QED) is 0.844. The second-order valence-corrected chi connectivity index (χ2v) is 4.74. The van der Waals surface area contributed by atoms with Gasteiger partial charge < -0.3 is 10.1 Å². The van der Waals surface area contributed by atoms with Gasteiger partial charge in [0, 0.05) is 32.5 Å². The van der Waals surface area contributed by atoms with E-state index in [0.717, 1.165) is 49.1 Å². The Labute approximate surface area is 110 Å². The van der Waals surface area contributed by atoms with Crippen LogP contribution < -0.4 is 5.32 Å². The largest absolute Gasteiger partial charge is 0.381 e. The Morgan fingerprint density at radius 2 is 2.21 bits per heavy atom. The number of aldehydes is 1. The zero-order valence-corrected chi connectivity index (χ0v) is 10.8. The fourth-order valence-corrected chi connectivity index (χ4v) is 2.41. The molecule has 0 aromatic carbocycles. The number of carbonyl (C=O) groups excluding carboxylic acids is 1. The van der Waals surface area contributed by atoms with E-state index in [-0.39, 0.29) is 0 Å². The van der Waals surface area contributed by atoms with Crippen molar-refractivity contribution in [1.82, 2.24) is 14.8 Å². The topological polar surface area (TPSA) is 69.0 Å². The van der Waals surface area contributed by atoms with Gasteiger partial charge in [0.05, 0.1) is 22.8 Å². The van der Waals surface area contributed by atoms with Crippen LogP contribution in [0, 0.1) is 0 Å². The highest BCUT2D eigenvalue weighted by Crippen LogP contribution is 2.26. The fourth-order valence-electron chi connectivity index (χ4n) is 2.41. The molecule has 6 heteroatoms. The van der Waals surface area contributed by atoms with E-state index in [9.17, 15) is 4.79 Å². The summed E-state index contributed by atoms with van der Waals surface area (Å²) in [5.41, 5.74) is 2.19. The van der Waals surface area contributed by atoms with E-state index in [0.29, 0.717) is 11.6 Å². The second kappa shape index (κ2) is 4.97. The van der Waals surface area contributed by atoms with Crippen LogP contribution in [0.2, 0.25) is 0 Å². The lowest BCUT2D eigenvalue weighted by Gasteiger charge is -2.25. The van der Waals surface area contributed by atoms with Gasteiger partial charge in [0.25, 0.3) is 0 Å². The van der Waals surface area contributed by atoms with Crippen molar-refractivity contribution in [3.05, 3.63) is 18.0 Å². The van der Waals surface area contributed by atoms with Gasteiger partial charge in [-0.25, -0.2) is 4.98 Å². The van der Waals surface area contributed by atoms with Crippen molar-refractivity contribution in [2.75, 3.05) is 18.5 Å². The molecule has 1 aliphatic heterocycles. The smallest absolute Gasteiger partial charge is 0.159 e. The second-order valence-electron chi connectivity index (χ2n) is 4.74. The number of aromatic nitrogens is 3. The molecule has 0 bridgehead atoms. The number of hydrogen-bond donors (Lipinski definition) is 1. The minimum absolute atomic E-state index is 0.332. The molecule has 0 unspecified atom stereocenters. The minimum atomic E-state index is 0.332. The van der Waals surface area contributed by atoms with Gasteiger partial charge in [-0.2, -0.15) is 5.10 Å². The van der Waals surface area contributed by atoms with Gasteiger partial charge in [-0.3, -0.25) is 9.48 Å². The van der Waals surface area contributed by atoms with E-state index in [2.05, 4.69) is 15.4 Å². The molecule has 0 radical (unpaired) electrons. The molecule has 1 saturated heterocycles. The van der Waals surface area contributed by atoms with Gasteiger partial charge in [0.15, 0.2) is 11.9 Å². The number of ether oxygens (including phenoxy) is 1. The molecule has 3 rings (SSSR count). The van der Waals surface area contributed by atoms with Crippen LogP contribution in [0.3, 0.4) is 0 Å². The number of anilines is 1. The lowest BCUT2D eigenvalue weighted by Crippen LogP contribution is -2.28. The van der Waals surface area contributed by atoms with Crippen molar-refractivity contribution in [3.8, 4) is 0 Å². The van der Waals surface area contributed by atoms with E-state index < -0.39 is 0 Å². The normalized spacial score (nSPS) is 16.7. The van der Waals surface area contributed by atoms with Crippen molar-refractivity contribution in [3.63, 3.8) is 0 Å². The molecule has 1 N–H and O–H groups in total. The molecule has 0 saturated carbocycles. The Morgan fingerprint density at radius 3 is 2.95 bits per heavy atom. The average molecular weight is 260 g/mol. The summed E-state index contributed by atoms with van der Waals surface area (Å²) in [6.45, 7) is 1.52. The number of carbonyl (C=O) groups is 1. The number of hydrogen-bond acceptors (Lipinski definition) is 5. The molecule has 3 heterocycles. The van der Waals surface area contributed by atoms with Crippen molar-refractivity contribution in [2.45, 2.75) is 18.9 Å². The van der Waals surface area contributed by atoms with Gasteiger partial charge in [-0.1, -0.05) is 0 Å². The Balaban J connectivity index is 2.01. The summed E-state index contributed by atoms with van der Waals surface area (Å²) in [5, 5.41) is 8.54. The summed E-state index contributed by atoms with van der Waals surface area (Å²) in [4.78, 5) is 15.5. The number of rotatable bonds is 3. The summed E-state index contributed by atoms with van der Waals surface area (Å²) in [7, 11) is 1.84. The van der Waals surface area contributed by atoms with Gasteiger partial charge in [0.2, 0.25) is 0 Å². The first-order valence-corrected chi connectivity index (χ1v) is 6.40. The minimum Gasteiger partial charge on any atom is -0.381 e. The zero-order valence-electron chi connectivity index (χ0n) is 10.8. The van der Waals surface area contributed by atoms with E-state index in [4.69, 9.17) is 4.74 Å². The van der Waals surface area contributed by atoms with Gasteiger partial charge in [-0.05, 0) is 12.8 Å². The third-order valence-corrected chi connectivity index (χ3v) is 3.49. The van der Waals surface area contributed by atoms with E-state index in [1.54, 1.807) is 17.1 Å². The lowest BCUT2D eigenvalue weighted by molar-refractivity contribution is 0.0904. The van der Waals surface area contributed by atoms with E-state index in [1.165, 1.54) is 0 Å². The highest BCUT2D eigenvalue weighted by molar-refractivity contribution is 5.98. The number of nitrogens with one attached hydrogen (secondary N) is 1. The highest BCUT2D eigenvalue weighted by Gasteiger charge is 2.18. The molecule has 6 nitrogen and oxygen atoms in total. The predicted molar refractivity (Wildman–Crippen MR) is 71.4 cm³/mol. The van der Waals surface area contributed by atoms with Crippen LogP contribution in [0.4, 0.5) is 5.69 Å².